The molecule has 0 atom stereocenters. The summed E-state index contributed by atoms with van der Waals surface area (Å²) in [4.78, 5) is 40.3. The average molecular weight is 443 g/mol. The summed E-state index contributed by atoms with van der Waals surface area (Å²) in [5.41, 5.74) is 5.59. The molecule has 0 radical (unpaired) electrons. The Morgan fingerprint density at radius 2 is 1.77 bits per heavy atom. The van der Waals surface area contributed by atoms with Gasteiger partial charge in [0.05, 0.1) is 35.9 Å². The number of methoxy groups -OCH3 is 2. The number of amides is 2. The monoisotopic (exact) mass is 443 g/mol. The van der Waals surface area contributed by atoms with Gasteiger partial charge in [0.1, 0.15) is 0 Å². The third-order valence-electron chi connectivity index (χ3n) is 4.21. The molecule has 0 aliphatic rings. The van der Waals surface area contributed by atoms with Gasteiger partial charge in [0, 0.05) is 12.0 Å². The van der Waals surface area contributed by atoms with Crippen molar-refractivity contribution in [1.82, 2.24) is 15.8 Å². The van der Waals surface area contributed by atoms with Gasteiger partial charge in [0.25, 0.3) is 11.8 Å². The summed E-state index contributed by atoms with van der Waals surface area (Å²) in [6.07, 6.45) is 0.529. The van der Waals surface area contributed by atoms with Gasteiger partial charge in [-0.1, -0.05) is 12.1 Å². The van der Waals surface area contributed by atoms with Crippen LogP contribution in [0.5, 0.6) is 11.5 Å². The summed E-state index contributed by atoms with van der Waals surface area (Å²) < 4.78 is 16.2. The Kier molecular flexibility index (Phi) is 7.39. The number of carbonyl (C=O) groups excluding carboxylic acids is 3. The Bertz CT molecular complexity index is 1060. The van der Waals surface area contributed by atoms with E-state index >= 15 is 0 Å². The number of aromatic nitrogens is 1. The van der Waals surface area contributed by atoms with Crippen LogP contribution in [-0.2, 0) is 20.7 Å². The fourth-order valence-electron chi connectivity index (χ4n) is 2.67. The van der Waals surface area contributed by atoms with E-state index in [9.17, 15) is 14.4 Å². The van der Waals surface area contributed by atoms with E-state index in [-0.39, 0.29) is 12.0 Å². The zero-order valence-electron chi connectivity index (χ0n) is 17.0. The molecule has 9 nitrogen and oxygen atoms in total. The summed E-state index contributed by atoms with van der Waals surface area (Å²) in [5.74, 6) is -0.899. The number of nitrogens with zero attached hydrogens (tertiary/aromatic N) is 1. The van der Waals surface area contributed by atoms with Crippen LogP contribution >= 0.6 is 11.3 Å². The lowest BCUT2D eigenvalue weighted by Crippen LogP contribution is -2.43. The number of esters is 1. The number of benzene rings is 2. The van der Waals surface area contributed by atoms with Crippen LogP contribution in [0, 0.1) is 0 Å². The van der Waals surface area contributed by atoms with Gasteiger partial charge >= 0.3 is 5.97 Å². The SMILES string of the molecule is COc1ccc(C(=O)NNC(=O)COC(=O)CCc2nc3ccccc3s2)cc1OC. The zero-order chi connectivity index (χ0) is 22.2. The second kappa shape index (κ2) is 10.4. The molecule has 1 aromatic heterocycles. The molecule has 3 rings (SSSR count). The standard InChI is InChI=1S/C21H21N3O6S/c1-28-15-8-7-13(11-16(15)29-2)21(27)24-23-18(25)12-30-20(26)10-9-19-22-14-5-3-4-6-17(14)31-19/h3-8,11H,9-10,12H2,1-2H3,(H,23,25)(H,24,27). The highest BCUT2D eigenvalue weighted by atomic mass is 32.1. The molecule has 0 saturated carbocycles. The lowest BCUT2D eigenvalue weighted by Gasteiger charge is -2.11. The van der Waals surface area contributed by atoms with Crippen molar-refractivity contribution in [2.45, 2.75) is 12.8 Å². The van der Waals surface area contributed by atoms with Gasteiger partial charge in [-0.05, 0) is 30.3 Å². The highest BCUT2D eigenvalue weighted by Gasteiger charge is 2.13. The molecule has 10 heteroatoms. The van der Waals surface area contributed by atoms with Crippen molar-refractivity contribution in [2.75, 3.05) is 20.8 Å². The van der Waals surface area contributed by atoms with E-state index in [0.717, 1.165) is 15.2 Å². The fourth-order valence-corrected chi connectivity index (χ4v) is 3.63. The van der Waals surface area contributed by atoms with Crippen molar-refractivity contribution in [3.8, 4) is 11.5 Å². The van der Waals surface area contributed by atoms with E-state index in [0.29, 0.717) is 17.9 Å². The second-order valence-corrected chi connectivity index (χ2v) is 7.42. The number of rotatable bonds is 8. The first kappa shape index (κ1) is 22.0. The minimum Gasteiger partial charge on any atom is -0.493 e. The van der Waals surface area contributed by atoms with E-state index in [1.54, 1.807) is 6.07 Å². The summed E-state index contributed by atoms with van der Waals surface area (Å²) in [6.45, 7) is -0.509. The molecule has 0 fully saturated rings. The summed E-state index contributed by atoms with van der Waals surface area (Å²) in [5, 5.41) is 0.824. The molecule has 0 aliphatic heterocycles. The van der Waals surface area contributed by atoms with Gasteiger partial charge in [0.2, 0.25) is 0 Å². The van der Waals surface area contributed by atoms with Gasteiger partial charge in [-0.2, -0.15) is 0 Å². The number of nitrogens with one attached hydrogen (secondary N) is 2. The lowest BCUT2D eigenvalue weighted by molar-refractivity contribution is -0.148. The minimum absolute atomic E-state index is 0.102. The molecular formula is C21H21N3O6S. The van der Waals surface area contributed by atoms with Crippen LogP contribution in [0.3, 0.4) is 0 Å². The average Bonchev–Trinajstić information content (AvgIpc) is 3.22. The molecule has 2 N–H and O–H groups in total. The maximum absolute atomic E-state index is 12.2. The van der Waals surface area contributed by atoms with Gasteiger partial charge in [-0.25, -0.2) is 4.98 Å². The van der Waals surface area contributed by atoms with Crippen molar-refractivity contribution in [1.29, 1.82) is 0 Å². The second-order valence-electron chi connectivity index (χ2n) is 6.31. The van der Waals surface area contributed by atoms with Crippen LogP contribution in [-0.4, -0.2) is 43.6 Å². The summed E-state index contributed by atoms with van der Waals surface area (Å²) >= 11 is 1.52. The highest BCUT2D eigenvalue weighted by Crippen LogP contribution is 2.27. The molecule has 0 aliphatic carbocycles. The first-order valence-corrected chi connectivity index (χ1v) is 10.1. The van der Waals surface area contributed by atoms with Crippen LogP contribution in [0.15, 0.2) is 42.5 Å². The molecule has 2 aromatic carbocycles. The molecule has 162 valence electrons. The predicted molar refractivity (Wildman–Crippen MR) is 114 cm³/mol. The Morgan fingerprint density at radius 1 is 1.00 bits per heavy atom. The lowest BCUT2D eigenvalue weighted by atomic mass is 10.2. The molecule has 1 heterocycles. The summed E-state index contributed by atoms with van der Waals surface area (Å²) in [7, 11) is 2.94. The maximum atomic E-state index is 12.2. The quantitative estimate of drug-likeness (QED) is 0.405. The Balaban J connectivity index is 1.40. The molecular weight excluding hydrogens is 422 g/mol. The van der Waals surface area contributed by atoms with E-state index in [1.165, 1.54) is 37.7 Å². The Hall–Kier alpha value is -3.66. The summed E-state index contributed by atoms with van der Waals surface area (Å²) in [6, 6.07) is 12.3. The van der Waals surface area contributed by atoms with Crippen LogP contribution in [0.1, 0.15) is 21.8 Å². The van der Waals surface area contributed by atoms with Gasteiger partial charge in [-0.15, -0.1) is 11.3 Å². The molecule has 31 heavy (non-hydrogen) atoms. The number of thiazole rings is 1. The number of hydrogen-bond donors (Lipinski definition) is 2. The van der Waals surface area contributed by atoms with E-state index < -0.39 is 24.4 Å². The van der Waals surface area contributed by atoms with Gasteiger partial charge in [-0.3, -0.25) is 25.2 Å². The van der Waals surface area contributed by atoms with Crippen molar-refractivity contribution >= 4 is 39.3 Å². The number of ether oxygens (including phenoxy) is 3. The van der Waals surface area contributed by atoms with Gasteiger partial charge < -0.3 is 14.2 Å². The fraction of sp³-hybridized carbons (Fsp3) is 0.238. The van der Waals surface area contributed by atoms with Crippen LogP contribution in [0.4, 0.5) is 0 Å². The molecule has 0 unspecified atom stereocenters. The minimum atomic E-state index is -0.665. The predicted octanol–water partition coefficient (Wildman–Crippen LogP) is 2.25. The molecule has 0 bridgehead atoms. The van der Waals surface area contributed by atoms with Crippen molar-refractivity contribution < 1.29 is 28.6 Å². The topological polar surface area (TPSA) is 116 Å². The Labute approximate surface area is 182 Å². The first-order chi connectivity index (χ1) is 15.0. The number of fused-ring (bicyclic) bond motifs is 1. The molecule has 0 saturated heterocycles. The van der Waals surface area contributed by atoms with Crippen molar-refractivity contribution in [2.24, 2.45) is 0 Å². The van der Waals surface area contributed by atoms with Crippen LogP contribution in [0.2, 0.25) is 0 Å². The van der Waals surface area contributed by atoms with Crippen molar-refractivity contribution in [3.63, 3.8) is 0 Å². The molecule has 2 amide bonds. The van der Waals surface area contributed by atoms with Crippen LogP contribution in [0.25, 0.3) is 10.2 Å². The first-order valence-electron chi connectivity index (χ1n) is 9.31. The zero-order valence-corrected chi connectivity index (χ0v) is 17.8. The molecule has 3 aromatic rings. The number of para-hydroxylation sites is 1. The highest BCUT2D eigenvalue weighted by molar-refractivity contribution is 7.18. The van der Waals surface area contributed by atoms with E-state index in [4.69, 9.17) is 14.2 Å². The molecule has 0 spiro atoms. The smallest absolute Gasteiger partial charge is 0.306 e. The normalized spacial score (nSPS) is 10.4. The number of hydrogen-bond acceptors (Lipinski definition) is 8. The maximum Gasteiger partial charge on any atom is 0.306 e. The number of hydrazine groups is 1. The largest absolute Gasteiger partial charge is 0.493 e. The third kappa shape index (κ3) is 5.92. The third-order valence-corrected chi connectivity index (χ3v) is 5.30. The van der Waals surface area contributed by atoms with E-state index in [2.05, 4.69) is 15.8 Å². The number of aryl methyl sites for hydroxylation is 1. The van der Waals surface area contributed by atoms with E-state index in [1.807, 2.05) is 24.3 Å². The Morgan fingerprint density at radius 3 is 2.52 bits per heavy atom. The van der Waals surface area contributed by atoms with Crippen LogP contribution < -0.4 is 20.3 Å². The number of carbonyl (C=O) groups is 3. The van der Waals surface area contributed by atoms with Gasteiger partial charge in [0.15, 0.2) is 18.1 Å². The van der Waals surface area contributed by atoms with Crippen molar-refractivity contribution in [3.05, 3.63) is 53.0 Å².